The molecule has 3 saturated carbocycles. The van der Waals surface area contributed by atoms with Crippen molar-refractivity contribution in [1.82, 2.24) is 0 Å². The topological polar surface area (TPSA) is 99.1 Å². The summed E-state index contributed by atoms with van der Waals surface area (Å²) < 4.78 is 33.6. The van der Waals surface area contributed by atoms with Crippen LogP contribution in [0.15, 0.2) is 11.6 Å². The minimum Gasteiger partial charge on any atom is -0.458 e. The number of carbonyl (C=O) groups is 3. The van der Waals surface area contributed by atoms with E-state index in [9.17, 15) is 19.5 Å². The Morgan fingerprint density at radius 1 is 1.18 bits per heavy atom. The molecule has 0 unspecified atom stereocenters. The van der Waals surface area contributed by atoms with E-state index in [4.69, 9.17) is 14.2 Å². The molecular weight excluding hydrogens is 431 g/mol. The van der Waals surface area contributed by atoms with Gasteiger partial charge in [0.2, 0.25) is 5.78 Å². The first kappa shape index (κ1) is 24.5. The van der Waals surface area contributed by atoms with Gasteiger partial charge in [0, 0.05) is 37.2 Å². The molecule has 0 aliphatic heterocycles. The average molecular weight is 467 g/mol. The Labute approximate surface area is 194 Å². The standard InChI is InChI=1S/C25H35FO7/c1-15(27)32-13-20(29)24(30)10-8-18-19-6-5-16-11-17(28)7-9-22(16,2)25(19,26)21(33-14-31-4)12-23(18,24)3/h11,18-19,21,30H,5-10,12-14H2,1-4H3/t18-,19-,21-,22-,23-,24-,25-/m0/s1. The quantitative estimate of drug-likeness (QED) is 0.474. The fraction of sp³-hybridized carbons (Fsp3) is 0.800. The van der Waals surface area contributed by atoms with E-state index >= 15 is 4.39 Å². The molecule has 0 aromatic rings. The molecule has 33 heavy (non-hydrogen) atoms. The van der Waals surface area contributed by atoms with E-state index in [-0.39, 0.29) is 31.3 Å². The predicted octanol–water partition coefficient (Wildman–Crippen LogP) is 3.07. The molecule has 0 saturated heterocycles. The summed E-state index contributed by atoms with van der Waals surface area (Å²) in [5.74, 6) is -1.79. The van der Waals surface area contributed by atoms with Gasteiger partial charge < -0.3 is 19.3 Å². The molecule has 4 aliphatic rings. The second-order valence-electron chi connectivity index (χ2n) is 10.8. The van der Waals surface area contributed by atoms with Crippen molar-refractivity contribution in [1.29, 1.82) is 0 Å². The molecule has 0 aromatic carbocycles. The summed E-state index contributed by atoms with van der Waals surface area (Å²) in [6.45, 7) is 4.34. The van der Waals surface area contributed by atoms with Gasteiger partial charge in [-0.3, -0.25) is 14.4 Å². The second kappa shape index (κ2) is 8.24. The van der Waals surface area contributed by atoms with Crippen LogP contribution in [0.25, 0.3) is 0 Å². The Bertz CT molecular complexity index is 886. The zero-order valence-corrected chi connectivity index (χ0v) is 19.9. The molecule has 8 heteroatoms. The number of rotatable bonds is 6. The number of methoxy groups -OCH3 is 1. The highest BCUT2D eigenvalue weighted by Crippen LogP contribution is 2.70. The summed E-state index contributed by atoms with van der Waals surface area (Å²) >= 11 is 0. The fourth-order valence-corrected chi connectivity index (χ4v) is 7.61. The highest BCUT2D eigenvalue weighted by Gasteiger charge is 2.74. The van der Waals surface area contributed by atoms with Gasteiger partial charge in [0.1, 0.15) is 18.1 Å². The molecule has 0 heterocycles. The number of alkyl halides is 1. The van der Waals surface area contributed by atoms with Crippen LogP contribution in [-0.2, 0) is 28.6 Å². The van der Waals surface area contributed by atoms with Crippen molar-refractivity contribution in [3.05, 3.63) is 11.6 Å². The Kier molecular flexibility index (Phi) is 6.11. The number of ketones is 2. The van der Waals surface area contributed by atoms with Crippen LogP contribution >= 0.6 is 0 Å². The highest BCUT2D eigenvalue weighted by atomic mass is 19.1. The van der Waals surface area contributed by atoms with Gasteiger partial charge in [-0.1, -0.05) is 19.4 Å². The minimum atomic E-state index is -1.76. The van der Waals surface area contributed by atoms with Crippen molar-refractivity contribution in [3.63, 3.8) is 0 Å². The van der Waals surface area contributed by atoms with Crippen molar-refractivity contribution in [2.24, 2.45) is 22.7 Å². The second-order valence-corrected chi connectivity index (χ2v) is 10.8. The molecule has 184 valence electrons. The Balaban J connectivity index is 1.76. The maximum atomic E-state index is 17.6. The van der Waals surface area contributed by atoms with Gasteiger partial charge in [-0.05, 0) is 50.5 Å². The maximum absolute atomic E-state index is 17.6. The summed E-state index contributed by atoms with van der Waals surface area (Å²) in [6, 6.07) is 0. The summed E-state index contributed by atoms with van der Waals surface area (Å²) in [7, 11) is 1.47. The first-order chi connectivity index (χ1) is 15.4. The molecule has 0 bridgehead atoms. The molecule has 0 radical (unpaired) electrons. The van der Waals surface area contributed by atoms with Crippen LogP contribution < -0.4 is 0 Å². The largest absolute Gasteiger partial charge is 0.458 e. The van der Waals surface area contributed by atoms with Crippen LogP contribution in [0.2, 0.25) is 0 Å². The van der Waals surface area contributed by atoms with Gasteiger partial charge in [-0.2, -0.15) is 0 Å². The number of hydrogen-bond acceptors (Lipinski definition) is 7. The van der Waals surface area contributed by atoms with Crippen LogP contribution in [0.5, 0.6) is 0 Å². The number of esters is 1. The lowest BCUT2D eigenvalue weighted by Gasteiger charge is -2.64. The summed E-state index contributed by atoms with van der Waals surface area (Å²) in [4.78, 5) is 36.5. The molecule has 0 amide bonds. The maximum Gasteiger partial charge on any atom is 0.303 e. The van der Waals surface area contributed by atoms with Gasteiger partial charge in [0.05, 0.1) is 6.10 Å². The first-order valence-electron chi connectivity index (χ1n) is 11.9. The van der Waals surface area contributed by atoms with E-state index < -0.39 is 52.5 Å². The van der Waals surface area contributed by atoms with Gasteiger partial charge >= 0.3 is 5.97 Å². The van der Waals surface area contributed by atoms with Crippen molar-refractivity contribution >= 4 is 17.5 Å². The third-order valence-electron chi connectivity index (χ3n) is 9.42. The molecule has 0 aromatic heterocycles. The Morgan fingerprint density at radius 2 is 1.91 bits per heavy atom. The summed E-state index contributed by atoms with van der Waals surface area (Å²) in [6.07, 6.45) is 3.36. The summed E-state index contributed by atoms with van der Waals surface area (Å²) in [5.41, 5.74) is -4.45. The van der Waals surface area contributed by atoms with Gasteiger partial charge in [-0.25, -0.2) is 4.39 Å². The fourth-order valence-electron chi connectivity index (χ4n) is 7.61. The van der Waals surface area contributed by atoms with Crippen molar-refractivity contribution in [3.8, 4) is 0 Å². The number of hydrogen-bond donors (Lipinski definition) is 1. The van der Waals surface area contributed by atoms with E-state index in [2.05, 4.69) is 0 Å². The Morgan fingerprint density at radius 3 is 2.58 bits per heavy atom. The molecule has 4 aliphatic carbocycles. The first-order valence-corrected chi connectivity index (χ1v) is 11.9. The zero-order chi connectivity index (χ0) is 24.2. The zero-order valence-electron chi connectivity index (χ0n) is 19.9. The van der Waals surface area contributed by atoms with Gasteiger partial charge in [0.25, 0.3) is 0 Å². The summed E-state index contributed by atoms with van der Waals surface area (Å²) in [5, 5.41) is 11.7. The SMILES string of the molecule is COCO[C@H]1C[C@@]2(C)[C@@H](CC[C@]2(O)C(=O)COC(C)=O)[C@@H]2CCC3=CC(=O)CC[C@]3(C)[C@@]12F. The molecule has 3 fully saturated rings. The third-order valence-corrected chi connectivity index (χ3v) is 9.42. The van der Waals surface area contributed by atoms with E-state index in [0.717, 1.165) is 5.57 Å². The Hall–Kier alpha value is -1.64. The molecule has 1 N–H and O–H groups in total. The van der Waals surface area contributed by atoms with E-state index in [1.165, 1.54) is 14.0 Å². The number of halogens is 1. The van der Waals surface area contributed by atoms with E-state index in [1.54, 1.807) is 6.08 Å². The lowest BCUT2D eigenvalue weighted by molar-refractivity contribution is -0.253. The number of aliphatic hydroxyl groups is 1. The number of carbonyl (C=O) groups excluding carboxylic acids is 3. The van der Waals surface area contributed by atoms with Crippen molar-refractivity contribution < 1.29 is 38.1 Å². The predicted molar refractivity (Wildman–Crippen MR) is 116 cm³/mol. The van der Waals surface area contributed by atoms with Crippen molar-refractivity contribution in [2.45, 2.75) is 83.1 Å². The van der Waals surface area contributed by atoms with E-state index in [1.807, 2.05) is 13.8 Å². The van der Waals surface area contributed by atoms with Crippen LogP contribution in [0.1, 0.15) is 65.7 Å². The van der Waals surface area contributed by atoms with Crippen LogP contribution in [0.3, 0.4) is 0 Å². The lowest BCUT2D eigenvalue weighted by atomic mass is 9.43. The molecular formula is C25H35FO7. The van der Waals surface area contributed by atoms with Gasteiger partial charge in [0.15, 0.2) is 12.4 Å². The van der Waals surface area contributed by atoms with Crippen molar-refractivity contribution in [2.75, 3.05) is 20.5 Å². The van der Waals surface area contributed by atoms with Crippen LogP contribution in [0.4, 0.5) is 4.39 Å². The smallest absolute Gasteiger partial charge is 0.303 e. The average Bonchev–Trinajstić information content (AvgIpc) is 3.03. The number of allylic oxidation sites excluding steroid dienone is 1. The highest BCUT2D eigenvalue weighted by molar-refractivity contribution is 5.92. The third kappa shape index (κ3) is 3.35. The molecule has 7 nitrogen and oxygen atoms in total. The minimum absolute atomic E-state index is 0.0332. The lowest BCUT2D eigenvalue weighted by Crippen LogP contribution is -2.70. The molecule has 4 rings (SSSR count). The number of fused-ring (bicyclic) bond motifs is 5. The normalized spacial score (nSPS) is 44.4. The van der Waals surface area contributed by atoms with E-state index in [0.29, 0.717) is 32.1 Å². The van der Waals surface area contributed by atoms with Gasteiger partial charge in [-0.15, -0.1) is 0 Å². The number of Topliss-reactive ketones (excluding diaryl/α,β-unsaturated/α-hetero) is 1. The molecule has 0 spiro atoms. The molecule has 7 atom stereocenters. The number of ether oxygens (including phenoxy) is 3. The monoisotopic (exact) mass is 466 g/mol. The van der Waals surface area contributed by atoms with Crippen LogP contribution in [-0.4, -0.2) is 60.5 Å². The van der Waals surface area contributed by atoms with Crippen LogP contribution in [0, 0.1) is 22.7 Å².